The van der Waals surface area contributed by atoms with Crippen LogP contribution in [0.1, 0.15) is 43.9 Å². The van der Waals surface area contributed by atoms with Gasteiger partial charge >= 0.3 is 0 Å². The number of carbonyl (C=O) groups is 2. The van der Waals surface area contributed by atoms with Gasteiger partial charge in [-0.2, -0.15) is 0 Å². The summed E-state index contributed by atoms with van der Waals surface area (Å²) in [6.07, 6.45) is 2.11. The predicted octanol–water partition coefficient (Wildman–Crippen LogP) is 6.71. The van der Waals surface area contributed by atoms with Crippen LogP contribution in [0.4, 0.5) is 0 Å². The van der Waals surface area contributed by atoms with E-state index >= 15 is 0 Å². The molecule has 0 aliphatic carbocycles. The highest BCUT2D eigenvalue weighted by Gasteiger charge is 2.31. The molecule has 0 aliphatic heterocycles. The summed E-state index contributed by atoms with van der Waals surface area (Å²) in [5, 5.41) is 3.09. The van der Waals surface area contributed by atoms with Crippen molar-refractivity contribution in [3.05, 3.63) is 98.4 Å². The van der Waals surface area contributed by atoms with Crippen LogP contribution in [-0.4, -0.2) is 35.4 Å². The second-order valence-electron chi connectivity index (χ2n) is 9.08. The Morgan fingerprint density at radius 3 is 2.22 bits per heavy atom. The molecule has 196 valence electrons. The van der Waals surface area contributed by atoms with Crippen LogP contribution in [0.2, 0.25) is 0 Å². The molecule has 0 radical (unpaired) electrons. The van der Waals surface area contributed by atoms with Crippen LogP contribution in [0.5, 0.6) is 5.75 Å². The van der Waals surface area contributed by atoms with Crippen LogP contribution >= 0.6 is 31.9 Å². The third kappa shape index (κ3) is 8.71. The molecule has 0 saturated heterocycles. The highest BCUT2D eigenvalue weighted by molar-refractivity contribution is 9.10. The van der Waals surface area contributed by atoms with E-state index in [9.17, 15) is 9.59 Å². The van der Waals surface area contributed by atoms with Crippen molar-refractivity contribution >= 4 is 43.7 Å². The van der Waals surface area contributed by atoms with E-state index in [1.807, 2.05) is 86.6 Å². The molecule has 2 unspecified atom stereocenters. The van der Waals surface area contributed by atoms with E-state index < -0.39 is 6.04 Å². The van der Waals surface area contributed by atoms with Gasteiger partial charge in [-0.3, -0.25) is 9.59 Å². The molecular weight excluding hydrogens is 596 g/mol. The molecule has 0 heterocycles. The molecule has 0 fully saturated rings. The van der Waals surface area contributed by atoms with Gasteiger partial charge in [0.05, 0.1) is 4.47 Å². The summed E-state index contributed by atoms with van der Waals surface area (Å²) in [7, 11) is 0. The quantitative estimate of drug-likeness (QED) is 0.242. The molecule has 1 N–H and O–H groups in total. The summed E-state index contributed by atoms with van der Waals surface area (Å²) in [6.45, 7) is 6.19. The summed E-state index contributed by atoms with van der Waals surface area (Å²) in [5.41, 5.74) is 3.09. The first-order valence-corrected chi connectivity index (χ1v) is 14.2. The van der Waals surface area contributed by atoms with Gasteiger partial charge in [0.25, 0.3) is 5.91 Å². The molecule has 3 rings (SSSR count). The highest BCUT2D eigenvalue weighted by atomic mass is 79.9. The summed E-state index contributed by atoms with van der Waals surface area (Å²) in [6, 6.07) is 22.7. The van der Waals surface area contributed by atoms with Crippen LogP contribution in [0, 0.1) is 0 Å². The van der Waals surface area contributed by atoms with Crippen LogP contribution in [-0.2, 0) is 29.0 Å². The van der Waals surface area contributed by atoms with Crippen LogP contribution in [0.25, 0.3) is 0 Å². The molecule has 0 bridgehead atoms. The average Bonchev–Trinajstić information content (AvgIpc) is 2.91. The molecule has 2 amide bonds. The van der Waals surface area contributed by atoms with Gasteiger partial charge in [0.2, 0.25) is 5.91 Å². The van der Waals surface area contributed by atoms with Crippen molar-refractivity contribution in [1.82, 2.24) is 10.2 Å². The number of carbonyl (C=O) groups excluding carboxylic acids is 2. The minimum absolute atomic E-state index is 0.000286. The molecule has 37 heavy (non-hydrogen) atoms. The van der Waals surface area contributed by atoms with Crippen LogP contribution in [0.15, 0.2) is 81.7 Å². The highest BCUT2D eigenvalue weighted by Crippen LogP contribution is 2.26. The maximum absolute atomic E-state index is 13.7. The normalized spacial score (nSPS) is 12.5. The predicted molar refractivity (Wildman–Crippen MR) is 156 cm³/mol. The number of aryl methyl sites for hydroxylation is 1. The Labute approximate surface area is 236 Å². The zero-order valence-corrected chi connectivity index (χ0v) is 24.7. The van der Waals surface area contributed by atoms with Gasteiger partial charge in [-0.1, -0.05) is 78.3 Å². The number of halogens is 2. The standard InChI is InChI=1S/C30H34Br2N2O3/c1-4-21(3)33-30(36)27(18-23-9-7-6-8-10-23)34(19-24-11-14-25(31)15-12-24)29(35)20-37-28-16-13-22(5-2)17-26(28)32/h6-17,21,27H,4-5,18-20H2,1-3H3,(H,33,36). The monoisotopic (exact) mass is 628 g/mol. The minimum Gasteiger partial charge on any atom is -0.483 e. The molecule has 0 aliphatic rings. The lowest BCUT2D eigenvalue weighted by molar-refractivity contribution is -0.143. The largest absolute Gasteiger partial charge is 0.483 e. The number of amides is 2. The molecular formula is C30H34Br2N2O3. The van der Waals surface area contributed by atoms with E-state index in [0.29, 0.717) is 12.2 Å². The minimum atomic E-state index is -0.693. The van der Waals surface area contributed by atoms with Gasteiger partial charge in [-0.05, 0) is 76.7 Å². The van der Waals surface area contributed by atoms with E-state index in [1.54, 1.807) is 4.90 Å². The van der Waals surface area contributed by atoms with Crippen molar-refractivity contribution in [1.29, 1.82) is 0 Å². The molecule has 3 aromatic rings. The SMILES string of the molecule is CCc1ccc(OCC(=O)N(Cc2ccc(Br)cc2)C(Cc2ccccc2)C(=O)NC(C)CC)c(Br)c1. The molecule has 5 nitrogen and oxygen atoms in total. The van der Waals surface area contributed by atoms with Crippen molar-refractivity contribution in [2.24, 2.45) is 0 Å². The van der Waals surface area contributed by atoms with E-state index in [0.717, 1.165) is 32.9 Å². The Morgan fingerprint density at radius 2 is 1.59 bits per heavy atom. The summed E-state index contributed by atoms with van der Waals surface area (Å²) < 4.78 is 7.69. The second-order valence-corrected chi connectivity index (χ2v) is 10.8. The van der Waals surface area contributed by atoms with Crippen molar-refractivity contribution in [2.45, 2.75) is 58.7 Å². The van der Waals surface area contributed by atoms with E-state index in [4.69, 9.17) is 4.74 Å². The molecule has 0 aromatic heterocycles. The fourth-order valence-electron chi connectivity index (χ4n) is 3.89. The first-order valence-electron chi connectivity index (χ1n) is 12.6. The zero-order chi connectivity index (χ0) is 26.8. The number of ether oxygens (including phenoxy) is 1. The maximum atomic E-state index is 13.7. The van der Waals surface area contributed by atoms with Gasteiger partial charge in [-0.25, -0.2) is 0 Å². The molecule has 7 heteroatoms. The number of nitrogens with zero attached hydrogens (tertiary/aromatic N) is 1. The number of rotatable bonds is 12. The van der Waals surface area contributed by atoms with Crippen LogP contribution in [0.3, 0.4) is 0 Å². The first-order chi connectivity index (χ1) is 17.8. The smallest absolute Gasteiger partial charge is 0.261 e. The Balaban J connectivity index is 1.91. The van der Waals surface area contributed by atoms with Gasteiger partial charge in [0, 0.05) is 23.5 Å². The molecule has 2 atom stereocenters. The van der Waals surface area contributed by atoms with E-state index in [-0.39, 0.29) is 31.0 Å². The van der Waals surface area contributed by atoms with Gasteiger partial charge in [-0.15, -0.1) is 0 Å². The van der Waals surface area contributed by atoms with Crippen molar-refractivity contribution in [2.75, 3.05) is 6.61 Å². The molecule has 0 spiro atoms. The lowest BCUT2D eigenvalue weighted by atomic mass is 10.0. The lowest BCUT2D eigenvalue weighted by Gasteiger charge is -2.32. The van der Waals surface area contributed by atoms with Crippen molar-refractivity contribution in [3.8, 4) is 5.75 Å². The fraction of sp³-hybridized carbons (Fsp3) is 0.333. The van der Waals surface area contributed by atoms with E-state index in [2.05, 4.69) is 44.1 Å². The Kier molecular flexibility index (Phi) is 11.2. The third-order valence-corrected chi connectivity index (χ3v) is 7.44. The molecule has 3 aromatic carbocycles. The van der Waals surface area contributed by atoms with Gasteiger partial charge in [0.15, 0.2) is 6.61 Å². The number of benzene rings is 3. The van der Waals surface area contributed by atoms with E-state index in [1.165, 1.54) is 5.56 Å². The topological polar surface area (TPSA) is 58.6 Å². The second kappa shape index (κ2) is 14.3. The number of hydrogen-bond acceptors (Lipinski definition) is 3. The zero-order valence-electron chi connectivity index (χ0n) is 21.5. The summed E-state index contributed by atoms with van der Waals surface area (Å²) in [5.74, 6) is 0.171. The number of nitrogens with one attached hydrogen (secondary N) is 1. The Bertz CT molecular complexity index is 1170. The fourth-order valence-corrected chi connectivity index (χ4v) is 4.69. The van der Waals surface area contributed by atoms with Crippen molar-refractivity contribution in [3.63, 3.8) is 0 Å². The molecule has 0 saturated carbocycles. The van der Waals surface area contributed by atoms with Crippen molar-refractivity contribution < 1.29 is 14.3 Å². The Hall–Kier alpha value is -2.64. The van der Waals surface area contributed by atoms with Crippen LogP contribution < -0.4 is 10.1 Å². The lowest BCUT2D eigenvalue weighted by Crippen LogP contribution is -2.53. The summed E-state index contributed by atoms with van der Waals surface area (Å²) >= 11 is 7.02. The average molecular weight is 630 g/mol. The van der Waals surface area contributed by atoms with Gasteiger partial charge < -0.3 is 15.0 Å². The number of hydrogen-bond donors (Lipinski definition) is 1. The maximum Gasteiger partial charge on any atom is 0.261 e. The summed E-state index contributed by atoms with van der Waals surface area (Å²) in [4.78, 5) is 28.9. The third-order valence-electron chi connectivity index (χ3n) is 6.29. The first kappa shape index (κ1) is 28.9. The Morgan fingerprint density at radius 1 is 0.919 bits per heavy atom. The van der Waals surface area contributed by atoms with Gasteiger partial charge in [0.1, 0.15) is 11.8 Å².